The van der Waals surface area contributed by atoms with Gasteiger partial charge in [-0.15, -0.1) is 11.3 Å². The van der Waals surface area contributed by atoms with Crippen molar-refractivity contribution in [2.75, 3.05) is 20.3 Å². The maximum absolute atomic E-state index is 11.9. The molecule has 1 amide bonds. The van der Waals surface area contributed by atoms with Crippen LogP contribution in [0, 0.1) is 6.92 Å². The van der Waals surface area contributed by atoms with Gasteiger partial charge in [0.15, 0.2) is 6.61 Å². The fraction of sp³-hybridized carbons (Fsp3) is 0.235. The van der Waals surface area contributed by atoms with Gasteiger partial charge in [0.1, 0.15) is 12.3 Å². The van der Waals surface area contributed by atoms with Crippen LogP contribution >= 0.6 is 11.3 Å². The van der Waals surface area contributed by atoms with E-state index in [1.807, 2.05) is 13.0 Å². The van der Waals surface area contributed by atoms with Crippen LogP contribution in [-0.4, -0.2) is 37.9 Å². The van der Waals surface area contributed by atoms with E-state index in [1.54, 1.807) is 30.3 Å². The molecule has 126 valence electrons. The third-order valence-electron chi connectivity index (χ3n) is 3.12. The number of aryl methyl sites for hydroxylation is 1. The summed E-state index contributed by atoms with van der Waals surface area (Å²) in [7, 11) is 1.53. The van der Waals surface area contributed by atoms with Gasteiger partial charge in [-0.1, -0.05) is 0 Å². The van der Waals surface area contributed by atoms with E-state index in [0.29, 0.717) is 16.2 Å². The molecule has 0 saturated carbocycles. The summed E-state index contributed by atoms with van der Waals surface area (Å²) in [5.74, 6) is -0.704. The summed E-state index contributed by atoms with van der Waals surface area (Å²) in [6.07, 6.45) is 0. The highest BCUT2D eigenvalue weighted by molar-refractivity contribution is 7.14. The Morgan fingerprint density at radius 3 is 2.38 bits per heavy atom. The maximum Gasteiger partial charge on any atom is 0.325 e. The number of esters is 1. The molecule has 1 N–H and O–H groups in total. The molecule has 0 bridgehead atoms. The van der Waals surface area contributed by atoms with E-state index in [-0.39, 0.29) is 18.9 Å². The van der Waals surface area contributed by atoms with E-state index in [1.165, 1.54) is 18.4 Å². The van der Waals surface area contributed by atoms with Crippen LogP contribution in [0.25, 0.3) is 0 Å². The molecular formula is C17H17NO5S. The van der Waals surface area contributed by atoms with E-state index in [2.05, 4.69) is 5.32 Å². The molecule has 2 rings (SSSR count). The molecule has 0 aliphatic heterocycles. The standard InChI is InChI=1S/C17H17NO5S/c1-11-3-8-15(24-11)14(19)10-23-16(20)9-18-17(21)12-4-6-13(22-2)7-5-12/h3-8H,9-10H2,1-2H3,(H,18,21). The molecule has 1 aromatic heterocycles. The Balaban J connectivity index is 1.76. The minimum atomic E-state index is -0.668. The third-order valence-corrected chi connectivity index (χ3v) is 4.17. The summed E-state index contributed by atoms with van der Waals surface area (Å²) < 4.78 is 9.88. The van der Waals surface area contributed by atoms with Gasteiger partial charge in [-0.25, -0.2) is 0 Å². The number of thiophene rings is 1. The van der Waals surface area contributed by atoms with Gasteiger partial charge in [0.05, 0.1) is 12.0 Å². The van der Waals surface area contributed by atoms with Crippen molar-refractivity contribution in [2.24, 2.45) is 0 Å². The summed E-state index contributed by atoms with van der Waals surface area (Å²) in [4.78, 5) is 36.9. The van der Waals surface area contributed by atoms with Gasteiger partial charge in [-0.2, -0.15) is 0 Å². The molecular weight excluding hydrogens is 330 g/mol. The van der Waals surface area contributed by atoms with Gasteiger partial charge < -0.3 is 14.8 Å². The quantitative estimate of drug-likeness (QED) is 0.613. The lowest BCUT2D eigenvalue weighted by Gasteiger charge is -2.06. The molecule has 1 heterocycles. The van der Waals surface area contributed by atoms with E-state index < -0.39 is 11.9 Å². The second-order valence-electron chi connectivity index (χ2n) is 4.91. The average molecular weight is 347 g/mol. The number of amides is 1. The predicted molar refractivity (Wildman–Crippen MR) is 89.7 cm³/mol. The van der Waals surface area contributed by atoms with Crippen molar-refractivity contribution in [3.63, 3.8) is 0 Å². The first-order valence-corrected chi connectivity index (χ1v) is 7.99. The average Bonchev–Trinajstić information content (AvgIpc) is 3.04. The fourth-order valence-electron chi connectivity index (χ4n) is 1.85. The summed E-state index contributed by atoms with van der Waals surface area (Å²) >= 11 is 1.35. The number of carbonyl (C=O) groups excluding carboxylic acids is 3. The predicted octanol–water partition coefficient (Wildman–Crippen LogP) is 2.22. The van der Waals surface area contributed by atoms with Crippen molar-refractivity contribution in [1.82, 2.24) is 5.32 Å². The van der Waals surface area contributed by atoms with Crippen molar-refractivity contribution < 1.29 is 23.9 Å². The molecule has 0 aliphatic carbocycles. The second kappa shape index (κ2) is 8.26. The van der Waals surface area contributed by atoms with Gasteiger partial charge in [0, 0.05) is 10.4 Å². The number of nitrogens with one attached hydrogen (secondary N) is 1. The van der Waals surface area contributed by atoms with Crippen LogP contribution in [-0.2, 0) is 9.53 Å². The molecule has 7 heteroatoms. The lowest BCUT2D eigenvalue weighted by atomic mass is 10.2. The number of ketones is 1. The molecule has 0 atom stereocenters. The Bertz CT molecular complexity index is 736. The number of ether oxygens (including phenoxy) is 2. The topological polar surface area (TPSA) is 81.7 Å². The largest absolute Gasteiger partial charge is 0.497 e. The van der Waals surface area contributed by atoms with Crippen LogP contribution in [0.2, 0.25) is 0 Å². The van der Waals surface area contributed by atoms with Gasteiger partial charge in [-0.3, -0.25) is 14.4 Å². The van der Waals surface area contributed by atoms with Gasteiger partial charge in [-0.05, 0) is 43.3 Å². The summed E-state index contributed by atoms with van der Waals surface area (Å²) in [5, 5.41) is 2.44. The third kappa shape index (κ3) is 4.92. The maximum atomic E-state index is 11.9. The van der Waals surface area contributed by atoms with Crippen LogP contribution in [0.4, 0.5) is 0 Å². The summed E-state index contributed by atoms with van der Waals surface area (Å²) in [5.41, 5.74) is 0.397. The zero-order valence-electron chi connectivity index (χ0n) is 13.3. The SMILES string of the molecule is COc1ccc(C(=O)NCC(=O)OCC(=O)c2ccc(C)s2)cc1. The first-order chi connectivity index (χ1) is 11.5. The summed E-state index contributed by atoms with van der Waals surface area (Å²) in [6.45, 7) is 1.25. The number of rotatable bonds is 7. The molecule has 0 saturated heterocycles. The minimum absolute atomic E-state index is 0.261. The number of benzene rings is 1. The second-order valence-corrected chi connectivity index (χ2v) is 6.19. The lowest BCUT2D eigenvalue weighted by molar-refractivity contribution is -0.141. The number of methoxy groups -OCH3 is 1. The Hall–Kier alpha value is -2.67. The molecule has 24 heavy (non-hydrogen) atoms. The zero-order valence-corrected chi connectivity index (χ0v) is 14.1. The molecule has 0 aliphatic rings. The number of hydrogen-bond acceptors (Lipinski definition) is 6. The first-order valence-electron chi connectivity index (χ1n) is 7.17. The Labute approximate surface area is 143 Å². The monoisotopic (exact) mass is 347 g/mol. The minimum Gasteiger partial charge on any atom is -0.497 e. The fourth-order valence-corrected chi connectivity index (χ4v) is 2.64. The van der Waals surface area contributed by atoms with Crippen LogP contribution in [0.15, 0.2) is 36.4 Å². The molecule has 1 aromatic carbocycles. The van der Waals surface area contributed by atoms with E-state index in [9.17, 15) is 14.4 Å². The van der Waals surface area contributed by atoms with Gasteiger partial charge in [0.25, 0.3) is 5.91 Å². The molecule has 6 nitrogen and oxygen atoms in total. The van der Waals surface area contributed by atoms with Gasteiger partial charge >= 0.3 is 5.97 Å². The van der Waals surface area contributed by atoms with Crippen LogP contribution in [0.1, 0.15) is 24.9 Å². The first kappa shape index (κ1) is 17.7. The smallest absolute Gasteiger partial charge is 0.325 e. The Kier molecular flexibility index (Phi) is 6.08. The summed E-state index contributed by atoms with van der Waals surface area (Å²) in [6, 6.07) is 9.99. The highest BCUT2D eigenvalue weighted by atomic mass is 32.1. The normalized spacial score (nSPS) is 10.1. The number of Topliss-reactive ketones (excluding diaryl/α,β-unsaturated/α-hetero) is 1. The van der Waals surface area contributed by atoms with E-state index in [4.69, 9.17) is 9.47 Å². The van der Waals surface area contributed by atoms with Crippen molar-refractivity contribution in [2.45, 2.75) is 6.92 Å². The van der Waals surface area contributed by atoms with E-state index >= 15 is 0 Å². The molecule has 0 fully saturated rings. The zero-order chi connectivity index (χ0) is 17.5. The molecule has 0 spiro atoms. The van der Waals surface area contributed by atoms with Crippen molar-refractivity contribution in [3.8, 4) is 5.75 Å². The molecule has 2 aromatic rings. The van der Waals surface area contributed by atoms with Crippen molar-refractivity contribution in [3.05, 3.63) is 51.7 Å². The highest BCUT2D eigenvalue weighted by Gasteiger charge is 2.13. The van der Waals surface area contributed by atoms with E-state index in [0.717, 1.165) is 4.88 Å². The van der Waals surface area contributed by atoms with Crippen molar-refractivity contribution in [1.29, 1.82) is 0 Å². The van der Waals surface area contributed by atoms with Crippen LogP contribution < -0.4 is 10.1 Å². The van der Waals surface area contributed by atoms with Gasteiger partial charge in [0.2, 0.25) is 5.78 Å². The Morgan fingerprint density at radius 2 is 1.79 bits per heavy atom. The van der Waals surface area contributed by atoms with Crippen LogP contribution in [0.3, 0.4) is 0 Å². The number of carbonyl (C=O) groups is 3. The van der Waals surface area contributed by atoms with Crippen LogP contribution in [0.5, 0.6) is 5.75 Å². The van der Waals surface area contributed by atoms with Crippen molar-refractivity contribution >= 4 is 29.0 Å². The number of hydrogen-bond donors (Lipinski definition) is 1. The molecule has 0 radical (unpaired) electrons. The lowest BCUT2D eigenvalue weighted by Crippen LogP contribution is -2.31. The Morgan fingerprint density at radius 1 is 1.08 bits per heavy atom. The highest BCUT2D eigenvalue weighted by Crippen LogP contribution is 2.15. The molecule has 0 unspecified atom stereocenters.